The predicted molar refractivity (Wildman–Crippen MR) is 138 cm³/mol. The highest BCUT2D eigenvalue weighted by molar-refractivity contribution is 14.1. The number of carbonyl (C=O) groups is 2. The van der Waals surface area contributed by atoms with Crippen LogP contribution in [0, 0.1) is 7.14 Å². The van der Waals surface area contributed by atoms with Crippen molar-refractivity contribution in [3.05, 3.63) is 103 Å². The Kier molecular flexibility index (Phi) is 6.33. The van der Waals surface area contributed by atoms with E-state index in [-0.39, 0.29) is 11.8 Å². The Morgan fingerprint density at radius 2 is 0.900 bits per heavy atom. The summed E-state index contributed by atoms with van der Waals surface area (Å²) in [4.78, 5) is 25.1. The molecule has 0 unspecified atom stereocenters. The van der Waals surface area contributed by atoms with Gasteiger partial charge < -0.3 is 10.6 Å². The van der Waals surface area contributed by atoms with Crippen molar-refractivity contribution >= 4 is 79.1 Å². The van der Waals surface area contributed by atoms with Crippen LogP contribution < -0.4 is 10.6 Å². The van der Waals surface area contributed by atoms with Crippen LogP contribution in [0.2, 0.25) is 0 Å². The number of hydrogen-bond donors (Lipinski definition) is 2. The molecule has 148 valence electrons. The molecule has 0 aliphatic rings. The van der Waals surface area contributed by atoms with Crippen molar-refractivity contribution in [3.63, 3.8) is 0 Å². The molecule has 6 heteroatoms. The fourth-order valence-corrected chi connectivity index (χ4v) is 3.72. The molecule has 0 radical (unpaired) electrons. The topological polar surface area (TPSA) is 58.2 Å². The highest BCUT2D eigenvalue weighted by atomic mass is 127. The van der Waals surface area contributed by atoms with E-state index in [0.29, 0.717) is 11.1 Å². The number of hydrogen-bond acceptors (Lipinski definition) is 2. The molecule has 4 aromatic carbocycles. The van der Waals surface area contributed by atoms with Gasteiger partial charge in [0.25, 0.3) is 11.8 Å². The zero-order chi connectivity index (χ0) is 21.1. The first-order valence-electron chi connectivity index (χ1n) is 9.16. The number of fused-ring (bicyclic) bond motifs is 1. The minimum atomic E-state index is -0.168. The summed E-state index contributed by atoms with van der Waals surface area (Å²) in [6.07, 6.45) is 0. The van der Waals surface area contributed by atoms with E-state index in [1.54, 1.807) is 12.1 Å². The molecule has 4 nitrogen and oxygen atoms in total. The Morgan fingerprint density at radius 3 is 1.27 bits per heavy atom. The molecule has 0 saturated heterocycles. The van der Waals surface area contributed by atoms with Crippen LogP contribution in [0.3, 0.4) is 0 Å². The number of anilines is 2. The molecule has 0 aliphatic heterocycles. The summed E-state index contributed by atoms with van der Waals surface area (Å²) in [6.45, 7) is 0. The quantitative estimate of drug-likeness (QED) is 0.255. The molecular formula is C24H16I2N2O2. The predicted octanol–water partition coefficient (Wildman–Crippen LogP) is 6.55. The highest BCUT2D eigenvalue weighted by Gasteiger charge is 2.10. The number of rotatable bonds is 4. The molecule has 0 saturated carbocycles. The molecule has 2 N–H and O–H groups in total. The van der Waals surface area contributed by atoms with Crippen LogP contribution in [0.5, 0.6) is 0 Å². The summed E-state index contributed by atoms with van der Waals surface area (Å²) < 4.78 is 2.22. The lowest BCUT2D eigenvalue weighted by Gasteiger charge is -2.09. The molecule has 0 fully saturated rings. The second-order valence-electron chi connectivity index (χ2n) is 6.70. The van der Waals surface area contributed by atoms with E-state index >= 15 is 0 Å². The normalized spacial score (nSPS) is 10.6. The summed E-state index contributed by atoms with van der Waals surface area (Å²) in [5, 5.41) is 7.61. The van der Waals surface area contributed by atoms with Crippen LogP contribution in [-0.4, -0.2) is 11.8 Å². The van der Waals surface area contributed by atoms with Gasteiger partial charge in [0.05, 0.1) is 0 Å². The first-order chi connectivity index (χ1) is 14.5. The molecule has 0 bridgehead atoms. The van der Waals surface area contributed by atoms with Gasteiger partial charge in [-0.1, -0.05) is 12.1 Å². The van der Waals surface area contributed by atoms with Gasteiger partial charge in [-0.25, -0.2) is 0 Å². The van der Waals surface area contributed by atoms with Gasteiger partial charge >= 0.3 is 0 Å². The lowest BCUT2D eigenvalue weighted by atomic mass is 10.0. The molecule has 0 heterocycles. The third-order valence-corrected chi connectivity index (χ3v) is 6.01. The van der Waals surface area contributed by atoms with E-state index in [1.807, 2.05) is 72.8 Å². The van der Waals surface area contributed by atoms with Crippen molar-refractivity contribution in [3.8, 4) is 0 Å². The molecule has 4 aromatic rings. The van der Waals surface area contributed by atoms with Crippen LogP contribution >= 0.6 is 45.2 Å². The van der Waals surface area contributed by atoms with Crippen molar-refractivity contribution in [1.29, 1.82) is 0 Å². The first-order valence-corrected chi connectivity index (χ1v) is 11.3. The molecule has 2 amide bonds. The van der Waals surface area contributed by atoms with E-state index in [1.165, 1.54) is 0 Å². The maximum atomic E-state index is 12.6. The Bertz CT molecular complexity index is 1140. The van der Waals surface area contributed by atoms with Gasteiger partial charge in [-0.2, -0.15) is 0 Å². The van der Waals surface area contributed by atoms with Gasteiger partial charge in [-0.3, -0.25) is 9.59 Å². The van der Waals surface area contributed by atoms with Crippen LogP contribution in [0.1, 0.15) is 20.7 Å². The van der Waals surface area contributed by atoms with Crippen LogP contribution in [0.4, 0.5) is 11.4 Å². The minimum Gasteiger partial charge on any atom is -0.322 e. The Balaban J connectivity index is 1.51. The van der Waals surface area contributed by atoms with E-state index in [2.05, 4.69) is 55.8 Å². The van der Waals surface area contributed by atoms with Crippen LogP contribution in [0.25, 0.3) is 10.8 Å². The lowest BCUT2D eigenvalue weighted by Crippen LogP contribution is -2.12. The average Bonchev–Trinajstić information content (AvgIpc) is 2.76. The van der Waals surface area contributed by atoms with Crippen LogP contribution in [0.15, 0.2) is 84.9 Å². The minimum absolute atomic E-state index is 0.168. The average molecular weight is 618 g/mol. The van der Waals surface area contributed by atoms with E-state index < -0.39 is 0 Å². The lowest BCUT2D eigenvalue weighted by molar-refractivity contribution is 0.101. The number of carbonyl (C=O) groups excluding carboxylic acids is 2. The zero-order valence-corrected chi connectivity index (χ0v) is 20.0. The van der Waals surface area contributed by atoms with Gasteiger partial charge in [0.15, 0.2) is 0 Å². The van der Waals surface area contributed by atoms with Gasteiger partial charge in [0, 0.05) is 29.6 Å². The monoisotopic (exact) mass is 618 g/mol. The highest BCUT2D eigenvalue weighted by Crippen LogP contribution is 2.21. The van der Waals surface area contributed by atoms with E-state index in [0.717, 1.165) is 29.3 Å². The summed E-state index contributed by atoms with van der Waals surface area (Å²) >= 11 is 4.45. The second kappa shape index (κ2) is 9.13. The largest absolute Gasteiger partial charge is 0.322 e. The number of halogens is 2. The second-order valence-corrected chi connectivity index (χ2v) is 9.19. The number of amides is 2. The van der Waals surface area contributed by atoms with E-state index in [9.17, 15) is 9.59 Å². The maximum Gasteiger partial charge on any atom is 0.255 e. The fraction of sp³-hybridized carbons (Fsp3) is 0. The first kappa shape index (κ1) is 20.8. The van der Waals surface area contributed by atoms with Crippen molar-refractivity contribution in [2.45, 2.75) is 0 Å². The smallest absolute Gasteiger partial charge is 0.255 e. The third-order valence-electron chi connectivity index (χ3n) is 4.57. The standard InChI is InChI=1S/C24H16I2N2O2/c25-19-5-9-21(10-6-19)27-23(29)17-3-1-15-13-18(4-2-16(15)14-17)24(30)28-22-11-7-20(26)8-12-22/h1-14H,(H,27,29)(H,28,30). The number of nitrogens with one attached hydrogen (secondary N) is 2. The van der Waals surface area contributed by atoms with Crippen molar-refractivity contribution in [2.75, 3.05) is 10.6 Å². The zero-order valence-electron chi connectivity index (χ0n) is 15.7. The Labute approximate surface area is 201 Å². The molecule has 30 heavy (non-hydrogen) atoms. The Morgan fingerprint density at radius 1 is 0.533 bits per heavy atom. The van der Waals surface area contributed by atoms with E-state index in [4.69, 9.17) is 0 Å². The van der Waals surface area contributed by atoms with Crippen molar-refractivity contribution in [2.24, 2.45) is 0 Å². The SMILES string of the molecule is O=C(Nc1ccc(I)cc1)c1ccc2cc(C(=O)Nc3ccc(I)cc3)ccc2c1. The third kappa shape index (κ3) is 4.99. The Hall–Kier alpha value is -2.46. The summed E-state index contributed by atoms with van der Waals surface area (Å²) in [5.41, 5.74) is 2.64. The fourth-order valence-electron chi connectivity index (χ4n) is 3.00. The van der Waals surface area contributed by atoms with Crippen molar-refractivity contribution in [1.82, 2.24) is 0 Å². The van der Waals surface area contributed by atoms with Crippen LogP contribution in [-0.2, 0) is 0 Å². The van der Waals surface area contributed by atoms with Crippen molar-refractivity contribution < 1.29 is 9.59 Å². The number of benzene rings is 4. The molecule has 0 aliphatic carbocycles. The van der Waals surface area contributed by atoms with Gasteiger partial charge in [0.1, 0.15) is 0 Å². The molecule has 0 spiro atoms. The van der Waals surface area contributed by atoms with Gasteiger partial charge in [-0.15, -0.1) is 0 Å². The summed E-state index contributed by atoms with van der Waals surface area (Å²) in [5.74, 6) is -0.336. The summed E-state index contributed by atoms with van der Waals surface area (Å²) in [7, 11) is 0. The van der Waals surface area contributed by atoms with Gasteiger partial charge in [0.2, 0.25) is 0 Å². The molecule has 0 atom stereocenters. The summed E-state index contributed by atoms with van der Waals surface area (Å²) in [6, 6.07) is 26.2. The maximum absolute atomic E-state index is 12.6. The molecular weight excluding hydrogens is 602 g/mol. The molecule has 0 aromatic heterocycles. The molecule has 4 rings (SSSR count). The van der Waals surface area contributed by atoms with Gasteiger partial charge in [-0.05, 0) is 129 Å².